The monoisotopic (exact) mass is 238 g/mol. The van der Waals surface area contributed by atoms with Crippen LogP contribution in [0.4, 0.5) is 0 Å². The van der Waals surface area contributed by atoms with Crippen LogP contribution in [0.25, 0.3) is 5.57 Å². The van der Waals surface area contributed by atoms with Crippen molar-refractivity contribution in [3.8, 4) is 5.75 Å². The van der Waals surface area contributed by atoms with Gasteiger partial charge in [0.2, 0.25) is 0 Å². The molecule has 0 saturated heterocycles. The Morgan fingerprint density at radius 3 is 2.67 bits per heavy atom. The minimum absolute atomic E-state index is 0.784. The largest absolute Gasteiger partial charge is 0.497 e. The molecule has 4 unspecified atom stereocenters. The number of rotatable bonds is 2. The van der Waals surface area contributed by atoms with Crippen molar-refractivity contribution in [2.45, 2.75) is 13.3 Å². The van der Waals surface area contributed by atoms with Gasteiger partial charge in [-0.3, -0.25) is 0 Å². The molecular weight excluding hydrogens is 220 g/mol. The van der Waals surface area contributed by atoms with Gasteiger partial charge < -0.3 is 4.74 Å². The van der Waals surface area contributed by atoms with Crippen LogP contribution >= 0.6 is 0 Å². The Morgan fingerprint density at radius 2 is 1.89 bits per heavy atom. The van der Waals surface area contributed by atoms with Crippen LogP contribution in [-0.2, 0) is 0 Å². The number of methoxy groups -OCH3 is 1. The van der Waals surface area contributed by atoms with Crippen LogP contribution in [0, 0.1) is 23.7 Å². The summed E-state index contributed by atoms with van der Waals surface area (Å²) in [6.07, 6.45) is 6.26. The van der Waals surface area contributed by atoms with Crippen LogP contribution in [0.5, 0.6) is 5.75 Å². The second kappa shape index (κ2) is 3.50. The maximum absolute atomic E-state index is 5.35. The highest BCUT2D eigenvalue weighted by Gasteiger charge is 2.53. The molecule has 0 amide bonds. The maximum atomic E-state index is 5.35. The fourth-order valence-corrected chi connectivity index (χ4v) is 4.36. The number of benzene rings is 1. The van der Waals surface area contributed by atoms with Gasteiger partial charge in [-0.2, -0.15) is 0 Å². The first kappa shape index (κ1) is 10.4. The topological polar surface area (TPSA) is 9.23 Å². The van der Waals surface area contributed by atoms with E-state index in [2.05, 4.69) is 37.3 Å². The molecule has 18 heavy (non-hydrogen) atoms. The summed E-state index contributed by atoms with van der Waals surface area (Å²) in [7, 11) is 1.74. The van der Waals surface area contributed by atoms with Gasteiger partial charge in [0.15, 0.2) is 0 Å². The Balaban J connectivity index is 1.76. The van der Waals surface area contributed by atoms with E-state index >= 15 is 0 Å². The minimum atomic E-state index is 0.784. The molecule has 0 heterocycles. The first-order valence-corrected chi connectivity index (χ1v) is 6.83. The van der Waals surface area contributed by atoms with Gasteiger partial charge in [-0.15, -0.1) is 0 Å². The van der Waals surface area contributed by atoms with E-state index in [9.17, 15) is 0 Å². The lowest BCUT2D eigenvalue weighted by atomic mass is 9.62. The third-order valence-electron chi connectivity index (χ3n) is 5.10. The summed E-state index contributed by atoms with van der Waals surface area (Å²) in [6.45, 7) is 2.32. The van der Waals surface area contributed by atoms with Crippen molar-refractivity contribution in [2.24, 2.45) is 23.7 Å². The molecule has 0 N–H and O–H groups in total. The zero-order valence-corrected chi connectivity index (χ0v) is 10.9. The highest BCUT2D eigenvalue weighted by molar-refractivity contribution is 5.79. The molecule has 1 aromatic carbocycles. The molecule has 4 rings (SSSR count). The standard InChI is InChI=1S/C17H18O/c1-10-15(11-4-3-5-14(9-11)18-2)17-13-7-6-12(8-13)16(10)17/h3-7,9,12-13,16-17H,8H2,1-2H3. The molecule has 1 nitrogen and oxygen atoms in total. The van der Waals surface area contributed by atoms with Gasteiger partial charge in [0.1, 0.15) is 5.75 Å². The third kappa shape index (κ3) is 1.17. The first-order valence-electron chi connectivity index (χ1n) is 6.83. The van der Waals surface area contributed by atoms with Crippen LogP contribution in [0.2, 0.25) is 0 Å². The van der Waals surface area contributed by atoms with E-state index in [-0.39, 0.29) is 0 Å². The van der Waals surface area contributed by atoms with E-state index in [1.54, 1.807) is 18.3 Å². The van der Waals surface area contributed by atoms with Gasteiger partial charge in [0.05, 0.1) is 7.11 Å². The maximum Gasteiger partial charge on any atom is 0.119 e. The van der Waals surface area contributed by atoms with Gasteiger partial charge in [0.25, 0.3) is 0 Å². The molecule has 4 atom stereocenters. The van der Waals surface area contributed by atoms with E-state index in [4.69, 9.17) is 4.74 Å². The van der Waals surface area contributed by atoms with E-state index in [1.165, 1.54) is 12.0 Å². The fraction of sp³-hybridized carbons (Fsp3) is 0.412. The molecule has 1 fully saturated rings. The molecule has 0 spiro atoms. The molecule has 3 aliphatic carbocycles. The Kier molecular flexibility index (Phi) is 2.03. The smallest absolute Gasteiger partial charge is 0.119 e. The second-order valence-electron chi connectivity index (χ2n) is 5.83. The molecule has 1 heteroatoms. The van der Waals surface area contributed by atoms with Crippen LogP contribution in [0.15, 0.2) is 42.0 Å². The molecule has 0 aliphatic heterocycles. The zero-order valence-electron chi connectivity index (χ0n) is 10.9. The molecule has 2 bridgehead atoms. The number of hydrogen-bond donors (Lipinski definition) is 0. The summed E-state index contributed by atoms with van der Waals surface area (Å²) < 4.78 is 5.35. The highest BCUT2D eigenvalue weighted by Crippen LogP contribution is 2.63. The summed E-state index contributed by atoms with van der Waals surface area (Å²) in [4.78, 5) is 0. The molecule has 0 aromatic heterocycles. The third-order valence-corrected chi connectivity index (χ3v) is 5.10. The van der Waals surface area contributed by atoms with Gasteiger partial charge in [0, 0.05) is 0 Å². The quantitative estimate of drug-likeness (QED) is 0.710. The average molecular weight is 238 g/mol. The van der Waals surface area contributed by atoms with E-state index in [1.807, 2.05) is 6.07 Å². The lowest BCUT2D eigenvalue weighted by molar-refractivity contribution is 0.390. The molecule has 1 aromatic rings. The number of allylic oxidation sites excluding steroid dienone is 4. The molecule has 1 saturated carbocycles. The minimum Gasteiger partial charge on any atom is -0.497 e. The number of hydrogen-bond acceptors (Lipinski definition) is 1. The average Bonchev–Trinajstić information content (AvgIpc) is 2.96. The van der Waals surface area contributed by atoms with Crippen molar-refractivity contribution in [1.82, 2.24) is 0 Å². The summed E-state index contributed by atoms with van der Waals surface area (Å²) in [5.41, 5.74) is 4.58. The lowest BCUT2D eigenvalue weighted by Crippen LogP contribution is -2.32. The number of ether oxygens (including phenoxy) is 1. The lowest BCUT2D eigenvalue weighted by Gasteiger charge is -2.42. The van der Waals surface area contributed by atoms with Crippen molar-refractivity contribution >= 4 is 5.57 Å². The van der Waals surface area contributed by atoms with Crippen LogP contribution in [0.3, 0.4) is 0 Å². The summed E-state index contributed by atoms with van der Waals surface area (Å²) >= 11 is 0. The predicted octanol–water partition coefficient (Wildman–Crippen LogP) is 3.92. The van der Waals surface area contributed by atoms with E-state index in [0.29, 0.717) is 0 Å². The SMILES string of the molecule is COc1cccc(C2=C(C)C3C4C=CC(C4)C23)c1. The second-order valence-corrected chi connectivity index (χ2v) is 5.83. The van der Waals surface area contributed by atoms with Crippen LogP contribution in [-0.4, -0.2) is 7.11 Å². The Labute approximate surface area is 108 Å². The molecule has 0 radical (unpaired) electrons. The fourth-order valence-electron chi connectivity index (χ4n) is 4.36. The van der Waals surface area contributed by atoms with E-state index < -0.39 is 0 Å². The van der Waals surface area contributed by atoms with Gasteiger partial charge in [-0.05, 0) is 60.3 Å². The Hall–Kier alpha value is -1.50. The van der Waals surface area contributed by atoms with Crippen molar-refractivity contribution in [3.05, 3.63) is 47.6 Å². The van der Waals surface area contributed by atoms with Crippen molar-refractivity contribution in [3.63, 3.8) is 0 Å². The predicted molar refractivity (Wildman–Crippen MR) is 73.3 cm³/mol. The highest BCUT2D eigenvalue weighted by atomic mass is 16.5. The van der Waals surface area contributed by atoms with Gasteiger partial charge in [-0.25, -0.2) is 0 Å². The zero-order chi connectivity index (χ0) is 12.3. The van der Waals surface area contributed by atoms with Crippen LogP contribution in [0.1, 0.15) is 18.9 Å². The van der Waals surface area contributed by atoms with Crippen molar-refractivity contribution < 1.29 is 4.74 Å². The number of fused-ring (bicyclic) bond motifs is 5. The van der Waals surface area contributed by atoms with E-state index in [0.717, 1.165) is 29.4 Å². The summed E-state index contributed by atoms with van der Waals surface area (Å²) in [6, 6.07) is 8.54. The van der Waals surface area contributed by atoms with Crippen LogP contribution < -0.4 is 4.74 Å². The van der Waals surface area contributed by atoms with Crippen molar-refractivity contribution in [2.75, 3.05) is 7.11 Å². The normalized spacial score (nSPS) is 35.7. The van der Waals surface area contributed by atoms with Gasteiger partial charge in [-0.1, -0.05) is 29.9 Å². The molecule has 92 valence electrons. The Bertz CT molecular complexity index is 567. The molecule has 3 aliphatic rings. The summed E-state index contributed by atoms with van der Waals surface area (Å²) in [5, 5.41) is 0. The van der Waals surface area contributed by atoms with Crippen molar-refractivity contribution in [1.29, 1.82) is 0 Å². The molecular formula is C17H18O. The Morgan fingerprint density at radius 1 is 1.11 bits per heavy atom. The first-order chi connectivity index (χ1) is 8.79. The summed E-state index contributed by atoms with van der Waals surface area (Å²) in [5.74, 6) is 4.21. The van der Waals surface area contributed by atoms with Gasteiger partial charge >= 0.3 is 0 Å².